The molecule has 0 fully saturated rings. The largest absolute Gasteiger partial charge is 0.438 e. The summed E-state index contributed by atoms with van der Waals surface area (Å²) in [7, 11) is 0. The average Bonchev–Trinajstić information content (AvgIpc) is 3.30. The number of aromatic nitrogens is 3. The molecule has 0 atom stereocenters. The Labute approximate surface area is 155 Å². The van der Waals surface area contributed by atoms with Crippen LogP contribution in [-0.4, -0.2) is 20.9 Å². The monoisotopic (exact) mass is 384 g/mol. The molecule has 0 spiro atoms. The van der Waals surface area contributed by atoms with Crippen LogP contribution in [0.25, 0.3) is 22.6 Å². The fourth-order valence-electron chi connectivity index (χ4n) is 2.39. The van der Waals surface area contributed by atoms with Crippen molar-refractivity contribution in [2.75, 3.05) is 5.32 Å². The number of nitrogens with zero attached hydrogens (tertiary/aromatic N) is 3. The number of anilines is 1. The number of pyridine rings is 1. The predicted molar refractivity (Wildman–Crippen MR) is 95.2 cm³/mol. The summed E-state index contributed by atoms with van der Waals surface area (Å²) in [4.78, 5) is 24.6. The first-order valence-corrected chi connectivity index (χ1v) is 8.52. The first-order valence-electron chi connectivity index (χ1n) is 7.70. The maximum Gasteiger partial charge on any atom is 0.295 e. The smallest absolute Gasteiger partial charge is 0.295 e. The van der Waals surface area contributed by atoms with E-state index in [1.807, 2.05) is 0 Å². The highest BCUT2D eigenvalue weighted by atomic mass is 32.1. The second-order valence-electron chi connectivity index (χ2n) is 5.35. The molecule has 0 aliphatic heterocycles. The SMILES string of the molecule is O=C(Nc1nc(-c2ccccn2)c(F)s1)c1ocnc1-c1ccc(F)cc1. The van der Waals surface area contributed by atoms with E-state index in [0.29, 0.717) is 22.6 Å². The van der Waals surface area contributed by atoms with Crippen molar-refractivity contribution in [3.05, 3.63) is 71.8 Å². The molecule has 1 aromatic carbocycles. The number of amides is 1. The van der Waals surface area contributed by atoms with Crippen LogP contribution in [-0.2, 0) is 0 Å². The van der Waals surface area contributed by atoms with E-state index in [1.54, 1.807) is 18.2 Å². The van der Waals surface area contributed by atoms with Crippen LogP contribution >= 0.6 is 11.3 Å². The van der Waals surface area contributed by atoms with Gasteiger partial charge in [0.1, 0.15) is 17.2 Å². The lowest BCUT2D eigenvalue weighted by molar-refractivity contribution is 0.0997. The van der Waals surface area contributed by atoms with E-state index in [0.717, 1.165) is 6.39 Å². The van der Waals surface area contributed by atoms with Gasteiger partial charge in [0.25, 0.3) is 5.91 Å². The Hall–Kier alpha value is -3.46. The Bertz CT molecular complexity index is 1090. The molecule has 4 rings (SSSR count). The predicted octanol–water partition coefficient (Wildman–Crippen LogP) is 4.39. The third kappa shape index (κ3) is 3.44. The minimum absolute atomic E-state index is 0.0484. The zero-order chi connectivity index (χ0) is 18.8. The highest BCUT2D eigenvalue weighted by Crippen LogP contribution is 2.29. The second-order valence-corrected chi connectivity index (χ2v) is 6.30. The Kier molecular flexibility index (Phi) is 4.43. The van der Waals surface area contributed by atoms with Crippen LogP contribution < -0.4 is 5.32 Å². The van der Waals surface area contributed by atoms with Crippen molar-refractivity contribution < 1.29 is 18.0 Å². The molecule has 0 aliphatic rings. The summed E-state index contributed by atoms with van der Waals surface area (Å²) in [5.41, 5.74) is 1.16. The molecule has 3 aromatic heterocycles. The molecule has 27 heavy (non-hydrogen) atoms. The number of carbonyl (C=O) groups excluding carboxylic acids is 1. The Balaban J connectivity index is 1.59. The van der Waals surface area contributed by atoms with Gasteiger partial charge in [0.2, 0.25) is 10.9 Å². The molecule has 0 aliphatic carbocycles. The van der Waals surface area contributed by atoms with Crippen molar-refractivity contribution in [3.8, 4) is 22.6 Å². The quantitative estimate of drug-likeness (QED) is 0.564. The Morgan fingerprint density at radius 3 is 2.59 bits per heavy atom. The third-order valence-electron chi connectivity index (χ3n) is 3.61. The molecular formula is C18H10F2N4O2S. The highest BCUT2D eigenvalue weighted by molar-refractivity contribution is 7.14. The minimum Gasteiger partial charge on any atom is -0.438 e. The van der Waals surface area contributed by atoms with Gasteiger partial charge in [-0.2, -0.15) is 4.39 Å². The number of hydrogen-bond donors (Lipinski definition) is 1. The Morgan fingerprint density at radius 2 is 1.85 bits per heavy atom. The molecule has 134 valence electrons. The van der Waals surface area contributed by atoms with Crippen molar-refractivity contribution in [3.63, 3.8) is 0 Å². The summed E-state index contributed by atoms with van der Waals surface area (Å²) in [5.74, 6) is -1.14. The number of halogens is 2. The lowest BCUT2D eigenvalue weighted by Crippen LogP contribution is -2.12. The minimum atomic E-state index is -0.645. The topological polar surface area (TPSA) is 80.9 Å². The molecule has 3 heterocycles. The lowest BCUT2D eigenvalue weighted by atomic mass is 10.1. The molecule has 0 saturated heterocycles. The lowest BCUT2D eigenvalue weighted by Gasteiger charge is -2.01. The molecule has 4 aromatic rings. The van der Waals surface area contributed by atoms with Gasteiger partial charge in [-0.1, -0.05) is 17.4 Å². The van der Waals surface area contributed by atoms with Crippen LogP contribution in [0.4, 0.5) is 13.9 Å². The number of carbonyl (C=O) groups is 1. The van der Waals surface area contributed by atoms with Crippen molar-refractivity contribution >= 4 is 22.4 Å². The second kappa shape index (κ2) is 7.04. The number of rotatable bonds is 4. The van der Waals surface area contributed by atoms with E-state index in [9.17, 15) is 13.6 Å². The standard InChI is InChI=1S/C18H10F2N4O2S/c19-11-6-4-10(5-7-11)13-15(26-9-22-13)17(25)24-18-23-14(16(20)27-18)12-3-1-2-8-21-12/h1-9H,(H,23,24,25). The Morgan fingerprint density at radius 1 is 1.04 bits per heavy atom. The first kappa shape index (κ1) is 17.0. The molecule has 9 heteroatoms. The summed E-state index contributed by atoms with van der Waals surface area (Å²) >= 11 is 0.677. The van der Waals surface area contributed by atoms with Crippen molar-refractivity contribution in [1.82, 2.24) is 15.0 Å². The van der Waals surface area contributed by atoms with E-state index < -0.39 is 16.9 Å². The molecular weight excluding hydrogens is 374 g/mol. The number of nitrogens with one attached hydrogen (secondary N) is 1. The van der Waals surface area contributed by atoms with E-state index in [2.05, 4.69) is 20.3 Å². The van der Waals surface area contributed by atoms with Gasteiger partial charge in [-0.3, -0.25) is 15.1 Å². The molecule has 1 amide bonds. The summed E-state index contributed by atoms with van der Waals surface area (Å²) in [6, 6.07) is 10.5. The molecule has 0 bridgehead atoms. The molecule has 1 N–H and O–H groups in total. The zero-order valence-corrected chi connectivity index (χ0v) is 14.3. The third-order valence-corrected chi connectivity index (χ3v) is 4.36. The van der Waals surface area contributed by atoms with E-state index in [4.69, 9.17) is 4.42 Å². The van der Waals surface area contributed by atoms with E-state index in [-0.39, 0.29) is 22.3 Å². The van der Waals surface area contributed by atoms with Crippen LogP contribution in [0, 0.1) is 10.9 Å². The normalized spacial score (nSPS) is 10.7. The van der Waals surface area contributed by atoms with E-state index in [1.165, 1.54) is 30.5 Å². The maximum absolute atomic E-state index is 14.2. The maximum atomic E-state index is 14.2. The van der Waals surface area contributed by atoms with Crippen LogP contribution in [0.3, 0.4) is 0 Å². The van der Waals surface area contributed by atoms with Crippen molar-refractivity contribution in [2.24, 2.45) is 0 Å². The summed E-state index contributed by atoms with van der Waals surface area (Å²) in [5, 5.41) is 1.98. The fraction of sp³-hybridized carbons (Fsp3) is 0. The van der Waals surface area contributed by atoms with Gasteiger partial charge in [0.05, 0.1) is 5.69 Å². The summed E-state index contributed by atoms with van der Waals surface area (Å²) in [6.45, 7) is 0. The molecule has 6 nitrogen and oxygen atoms in total. The van der Waals surface area contributed by atoms with Gasteiger partial charge in [-0.25, -0.2) is 14.4 Å². The number of thiazole rings is 1. The molecule has 0 radical (unpaired) electrons. The van der Waals surface area contributed by atoms with Gasteiger partial charge in [-0.15, -0.1) is 0 Å². The zero-order valence-electron chi connectivity index (χ0n) is 13.5. The number of oxazole rings is 1. The van der Waals surface area contributed by atoms with Gasteiger partial charge in [-0.05, 0) is 36.4 Å². The van der Waals surface area contributed by atoms with Crippen LogP contribution in [0.1, 0.15) is 10.6 Å². The summed E-state index contributed by atoms with van der Waals surface area (Å²) in [6.07, 6.45) is 2.63. The molecule has 0 saturated carbocycles. The van der Waals surface area contributed by atoms with Gasteiger partial charge in [0.15, 0.2) is 11.5 Å². The highest BCUT2D eigenvalue weighted by Gasteiger charge is 2.21. The van der Waals surface area contributed by atoms with Crippen LogP contribution in [0.2, 0.25) is 0 Å². The molecule has 0 unspecified atom stereocenters. The van der Waals surface area contributed by atoms with Crippen LogP contribution in [0.5, 0.6) is 0 Å². The average molecular weight is 384 g/mol. The summed E-state index contributed by atoms with van der Waals surface area (Å²) < 4.78 is 32.4. The number of benzene rings is 1. The van der Waals surface area contributed by atoms with Crippen molar-refractivity contribution in [1.29, 1.82) is 0 Å². The number of hydrogen-bond acceptors (Lipinski definition) is 6. The van der Waals surface area contributed by atoms with E-state index >= 15 is 0 Å². The van der Waals surface area contributed by atoms with Crippen molar-refractivity contribution in [2.45, 2.75) is 0 Å². The van der Waals surface area contributed by atoms with Crippen LogP contribution in [0.15, 0.2) is 59.5 Å². The first-order chi connectivity index (χ1) is 13.1. The fourth-order valence-corrected chi connectivity index (χ4v) is 3.09. The van der Waals surface area contributed by atoms with Gasteiger partial charge < -0.3 is 4.42 Å². The van der Waals surface area contributed by atoms with Gasteiger partial charge >= 0.3 is 0 Å². The van der Waals surface area contributed by atoms with Gasteiger partial charge in [0, 0.05) is 11.8 Å².